The summed E-state index contributed by atoms with van der Waals surface area (Å²) in [5, 5.41) is 3.34. The van der Waals surface area contributed by atoms with Crippen LogP contribution in [-0.4, -0.2) is 27.9 Å². The Morgan fingerprint density at radius 2 is 1.93 bits per heavy atom. The number of benzene rings is 1. The monoisotopic (exact) mass is 419 g/mol. The van der Waals surface area contributed by atoms with Gasteiger partial charge in [-0.2, -0.15) is 0 Å². The van der Waals surface area contributed by atoms with Gasteiger partial charge in [0, 0.05) is 22.8 Å². The number of nitrogens with zero attached hydrogens (tertiary/aromatic N) is 2. The number of esters is 1. The summed E-state index contributed by atoms with van der Waals surface area (Å²) in [6, 6.07) is 13.5. The van der Waals surface area contributed by atoms with E-state index in [0.717, 1.165) is 21.6 Å². The number of ether oxygens (including phenoxy) is 1. The van der Waals surface area contributed by atoms with Crippen LogP contribution >= 0.6 is 11.3 Å². The second kappa shape index (κ2) is 8.12. The number of aromatic nitrogens is 2. The second-order valence-electron chi connectivity index (χ2n) is 6.87. The Balaban J connectivity index is 1.74. The number of rotatable bonds is 5. The number of thiophene rings is 1. The molecular weight excluding hydrogens is 398 g/mol. The molecule has 0 fully saturated rings. The molecule has 6 nitrogen and oxygen atoms in total. The lowest BCUT2D eigenvalue weighted by Crippen LogP contribution is -2.15. The number of carbonyl (C=O) groups is 2. The van der Waals surface area contributed by atoms with Crippen LogP contribution in [0, 0.1) is 13.8 Å². The molecule has 7 heteroatoms. The summed E-state index contributed by atoms with van der Waals surface area (Å²) in [7, 11) is 0. The molecule has 0 saturated heterocycles. The van der Waals surface area contributed by atoms with Gasteiger partial charge in [-0.05, 0) is 44.0 Å². The third-order valence-corrected chi connectivity index (χ3v) is 5.72. The van der Waals surface area contributed by atoms with Crippen molar-refractivity contribution in [2.24, 2.45) is 0 Å². The highest BCUT2D eigenvalue weighted by Gasteiger charge is 2.26. The Labute approximate surface area is 178 Å². The van der Waals surface area contributed by atoms with Crippen LogP contribution in [-0.2, 0) is 4.74 Å². The van der Waals surface area contributed by atoms with Gasteiger partial charge in [0.15, 0.2) is 0 Å². The minimum Gasteiger partial charge on any atom is -0.462 e. The number of hydrogen-bond acceptors (Lipinski definition) is 5. The van der Waals surface area contributed by atoms with Crippen LogP contribution in [0.4, 0.5) is 5.00 Å². The van der Waals surface area contributed by atoms with Gasteiger partial charge in [-0.15, -0.1) is 11.3 Å². The van der Waals surface area contributed by atoms with Crippen molar-refractivity contribution >= 4 is 33.9 Å². The lowest BCUT2D eigenvalue weighted by Gasteiger charge is -2.08. The number of pyridine rings is 1. The number of nitrogens with one attached hydrogen (secondary N) is 1. The van der Waals surface area contributed by atoms with E-state index >= 15 is 0 Å². The maximum atomic E-state index is 12.9. The summed E-state index contributed by atoms with van der Waals surface area (Å²) in [6.07, 6.45) is 3.54. The first-order chi connectivity index (χ1) is 14.5. The van der Waals surface area contributed by atoms with Crippen LogP contribution in [0.15, 0.2) is 54.9 Å². The molecule has 3 aromatic heterocycles. The Morgan fingerprint density at radius 3 is 2.67 bits per heavy atom. The zero-order chi connectivity index (χ0) is 21.3. The SMILES string of the molecule is CCOC(=O)c1c(NC(=O)c2cn3ccc(C)cc3n2)sc(C)c1-c1ccccc1. The Kier molecular flexibility index (Phi) is 5.37. The molecule has 0 aliphatic carbocycles. The van der Waals surface area contributed by atoms with E-state index in [4.69, 9.17) is 4.74 Å². The van der Waals surface area contributed by atoms with Gasteiger partial charge in [0.2, 0.25) is 0 Å². The zero-order valence-electron chi connectivity index (χ0n) is 16.9. The molecule has 3 heterocycles. The molecule has 0 spiro atoms. The molecule has 4 aromatic rings. The molecule has 30 heavy (non-hydrogen) atoms. The number of fused-ring (bicyclic) bond motifs is 1. The number of amides is 1. The van der Waals surface area contributed by atoms with Crippen LogP contribution < -0.4 is 5.32 Å². The first-order valence-corrected chi connectivity index (χ1v) is 10.4. The number of carbonyl (C=O) groups excluding carboxylic acids is 2. The highest BCUT2D eigenvalue weighted by molar-refractivity contribution is 7.17. The smallest absolute Gasteiger partial charge is 0.341 e. The number of aryl methyl sites for hydroxylation is 2. The first-order valence-electron chi connectivity index (χ1n) is 9.60. The van der Waals surface area contributed by atoms with E-state index in [-0.39, 0.29) is 18.2 Å². The summed E-state index contributed by atoms with van der Waals surface area (Å²) in [4.78, 5) is 31.0. The van der Waals surface area contributed by atoms with E-state index in [9.17, 15) is 9.59 Å². The van der Waals surface area contributed by atoms with E-state index in [1.165, 1.54) is 11.3 Å². The lowest BCUT2D eigenvalue weighted by atomic mass is 10.0. The average Bonchev–Trinajstić information content (AvgIpc) is 3.29. The van der Waals surface area contributed by atoms with Crippen molar-refractivity contribution in [2.45, 2.75) is 20.8 Å². The maximum Gasteiger partial charge on any atom is 0.341 e. The zero-order valence-corrected chi connectivity index (χ0v) is 17.7. The van der Waals surface area contributed by atoms with E-state index in [0.29, 0.717) is 16.2 Å². The van der Waals surface area contributed by atoms with E-state index in [1.807, 2.05) is 62.5 Å². The van der Waals surface area contributed by atoms with Crippen molar-refractivity contribution < 1.29 is 14.3 Å². The van der Waals surface area contributed by atoms with Gasteiger partial charge in [0.1, 0.15) is 21.9 Å². The van der Waals surface area contributed by atoms with Gasteiger partial charge in [-0.3, -0.25) is 4.79 Å². The fraction of sp³-hybridized carbons (Fsp3) is 0.174. The quantitative estimate of drug-likeness (QED) is 0.456. The molecule has 152 valence electrons. The molecule has 1 aromatic carbocycles. The summed E-state index contributed by atoms with van der Waals surface area (Å²) in [6.45, 7) is 5.91. The minimum absolute atomic E-state index is 0.251. The third kappa shape index (κ3) is 3.71. The van der Waals surface area contributed by atoms with Crippen molar-refractivity contribution in [1.29, 1.82) is 0 Å². The molecule has 0 aliphatic rings. The molecule has 0 unspecified atom stereocenters. The fourth-order valence-electron chi connectivity index (χ4n) is 3.34. The van der Waals surface area contributed by atoms with Crippen molar-refractivity contribution in [3.8, 4) is 11.1 Å². The lowest BCUT2D eigenvalue weighted by molar-refractivity contribution is 0.0529. The van der Waals surface area contributed by atoms with Crippen LogP contribution in [0.1, 0.15) is 38.2 Å². The molecule has 1 amide bonds. The van der Waals surface area contributed by atoms with E-state index < -0.39 is 5.97 Å². The number of imidazole rings is 1. The number of hydrogen-bond donors (Lipinski definition) is 1. The standard InChI is InChI=1S/C23H21N3O3S/c1-4-29-23(28)20-19(16-8-6-5-7-9-16)15(3)30-22(20)25-21(27)17-13-26-11-10-14(2)12-18(26)24-17/h5-13H,4H2,1-3H3,(H,25,27). The first kappa shape index (κ1) is 19.8. The predicted octanol–water partition coefficient (Wildman–Crippen LogP) is 5.11. The summed E-state index contributed by atoms with van der Waals surface area (Å²) in [5.74, 6) is -0.829. The fourth-order valence-corrected chi connectivity index (χ4v) is 4.40. The third-order valence-electron chi connectivity index (χ3n) is 4.70. The Bertz CT molecular complexity index is 1240. The topological polar surface area (TPSA) is 72.7 Å². The van der Waals surface area contributed by atoms with Crippen LogP contribution in [0.25, 0.3) is 16.8 Å². The van der Waals surface area contributed by atoms with Crippen LogP contribution in [0.5, 0.6) is 0 Å². The highest BCUT2D eigenvalue weighted by Crippen LogP contribution is 2.40. The van der Waals surface area contributed by atoms with Crippen molar-refractivity contribution in [3.63, 3.8) is 0 Å². The van der Waals surface area contributed by atoms with Gasteiger partial charge in [-0.1, -0.05) is 30.3 Å². The van der Waals surface area contributed by atoms with Gasteiger partial charge in [0.05, 0.1) is 6.61 Å². The summed E-state index contributed by atoms with van der Waals surface area (Å²) < 4.78 is 7.08. The largest absolute Gasteiger partial charge is 0.462 e. The van der Waals surface area contributed by atoms with Crippen molar-refractivity contribution in [3.05, 3.63) is 76.6 Å². The molecule has 0 atom stereocenters. The van der Waals surface area contributed by atoms with Crippen molar-refractivity contribution in [2.75, 3.05) is 11.9 Å². The normalized spacial score (nSPS) is 10.9. The molecule has 0 saturated carbocycles. The average molecular weight is 420 g/mol. The summed E-state index contributed by atoms with van der Waals surface area (Å²) >= 11 is 1.35. The molecule has 4 rings (SSSR count). The van der Waals surface area contributed by atoms with Gasteiger partial charge >= 0.3 is 5.97 Å². The van der Waals surface area contributed by atoms with Crippen LogP contribution in [0.2, 0.25) is 0 Å². The predicted molar refractivity (Wildman–Crippen MR) is 118 cm³/mol. The van der Waals surface area contributed by atoms with E-state index in [1.54, 1.807) is 17.5 Å². The molecule has 0 radical (unpaired) electrons. The summed E-state index contributed by atoms with van der Waals surface area (Å²) in [5.41, 5.74) is 4.09. The maximum absolute atomic E-state index is 12.9. The Morgan fingerprint density at radius 1 is 1.17 bits per heavy atom. The second-order valence-corrected chi connectivity index (χ2v) is 8.10. The molecular formula is C23H21N3O3S. The van der Waals surface area contributed by atoms with Gasteiger partial charge in [-0.25, -0.2) is 9.78 Å². The molecule has 1 N–H and O–H groups in total. The Hall–Kier alpha value is -3.45. The minimum atomic E-state index is -0.457. The molecule has 0 bridgehead atoms. The van der Waals surface area contributed by atoms with Gasteiger partial charge < -0.3 is 14.5 Å². The molecule has 0 aliphatic heterocycles. The van der Waals surface area contributed by atoms with Crippen molar-refractivity contribution in [1.82, 2.24) is 9.38 Å². The highest BCUT2D eigenvalue weighted by atomic mass is 32.1. The number of anilines is 1. The van der Waals surface area contributed by atoms with Crippen LogP contribution in [0.3, 0.4) is 0 Å². The van der Waals surface area contributed by atoms with Gasteiger partial charge in [0.25, 0.3) is 5.91 Å². The van der Waals surface area contributed by atoms with E-state index in [2.05, 4.69) is 10.3 Å².